The third-order valence-corrected chi connectivity index (χ3v) is 7.07. The molecule has 8 heteroatoms. The Bertz CT molecular complexity index is 613. The minimum absolute atomic E-state index is 0.00124. The molecule has 5 aliphatic rings. The lowest BCUT2D eigenvalue weighted by Crippen LogP contribution is -2.76. The second-order valence-corrected chi connectivity index (χ2v) is 8.58. The van der Waals surface area contributed by atoms with Gasteiger partial charge in [0.15, 0.2) is 11.9 Å². The standard InChI is InChI=1S/C19H27F3O5/c1-5-10-23-18(19(20,21)22)12(3)14-7-6-11(2)13-8-9-16(4)24-15(25-18)17(13,14)27-26-16/h5,11-15H,1,6-10H2,2-4H3/t11-,12-,13+,14?,15+,16+,17-,18-/m1/s1. The zero-order valence-electron chi connectivity index (χ0n) is 15.9. The van der Waals surface area contributed by atoms with Gasteiger partial charge < -0.3 is 14.2 Å². The molecule has 0 aromatic carbocycles. The van der Waals surface area contributed by atoms with Crippen LogP contribution >= 0.6 is 0 Å². The van der Waals surface area contributed by atoms with E-state index >= 15 is 0 Å². The summed E-state index contributed by atoms with van der Waals surface area (Å²) in [6.45, 7) is 8.52. The molecule has 4 aliphatic heterocycles. The molecule has 4 saturated heterocycles. The van der Waals surface area contributed by atoms with Crippen LogP contribution in [0.25, 0.3) is 0 Å². The van der Waals surface area contributed by atoms with Crippen LogP contribution in [0.2, 0.25) is 0 Å². The maximum absolute atomic E-state index is 14.3. The lowest BCUT2D eigenvalue weighted by molar-refractivity contribution is -0.598. The molecule has 1 saturated carbocycles. The van der Waals surface area contributed by atoms with E-state index in [9.17, 15) is 13.2 Å². The molecular formula is C19H27F3O5. The first-order valence-corrected chi connectivity index (χ1v) is 9.64. The van der Waals surface area contributed by atoms with E-state index < -0.39 is 41.5 Å². The van der Waals surface area contributed by atoms with E-state index in [0.717, 1.165) is 12.8 Å². The summed E-state index contributed by atoms with van der Waals surface area (Å²) in [6.07, 6.45) is -1.96. The molecule has 154 valence electrons. The molecule has 1 unspecified atom stereocenters. The fourth-order valence-electron chi connectivity index (χ4n) is 5.67. The Balaban J connectivity index is 1.83. The van der Waals surface area contributed by atoms with Crippen molar-refractivity contribution in [2.45, 2.75) is 76.1 Å². The molecule has 0 N–H and O–H groups in total. The highest BCUT2D eigenvalue weighted by Gasteiger charge is 2.77. The average Bonchev–Trinajstić information content (AvgIpc) is 2.82. The Morgan fingerprint density at radius 1 is 1.11 bits per heavy atom. The number of ether oxygens (including phenoxy) is 3. The Morgan fingerprint density at radius 3 is 2.52 bits per heavy atom. The van der Waals surface area contributed by atoms with Crippen LogP contribution in [0.15, 0.2) is 12.7 Å². The van der Waals surface area contributed by atoms with Crippen LogP contribution in [0.5, 0.6) is 0 Å². The smallest absolute Gasteiger partial charge is 0.338 e. The fourth-order valence-corrected chi connectivity index (χ4v) is 5.67. The summed E-state index contributed by atoms with van der Waals surface area (Å²) in [5.41, 5.74) is -1.06. The number of alkyl halides is 3. The summed E-state index contributed by atoms with van der Waals surface area (Å²) < 4.78 is 59.7. The largest absolute Gasteiger partial charge is 0.443 e. The van der Waals surface area contributed by atoms with Gasteiger partial charge in [-0.25, -0.2) is 9.78 Å². The van der Waals surface area contributed by atoms with Gasteiger partial charge >= 0.3 is 6.18 Å². The van der Waals surface area contributed by atoms with Crippen LogP contribution in [0, 0.1) is 23.7 Å². The van der Waals surface area contributed by atoms with Crippen LogP contribution in [0.1, 0.15) is 46.5 Å². The van der Waals surface area contributed by atoms with Crippen LogP contribution in [-0.4, -0.2) is 36.2 Å². The van der Waals surface area contributed by atoms with Gasteiger partial charge in [0.1, 0.15) is 0 Å². The first-order valence-electron chi connectivity index (χ1n) is 9.64. The molecule has 0 aromatic rings. The van der Waals surface area contributed by atoms with Crippen molar-refractivity contribution in [1.29, 1.82) is 0 Å². The molecule has 0 radical (unpaired) electrons. The third-order valence-electron chi connectivity index (χ3n) is 7.07. The molecule has 27 heavy (non-hydrogen) atoms. The zero-order chi connectivity index (χ0) is 19.7. The average molecular weight is 392 g/mol. The normalized spacial score (nSPS) is 52.1. The van der Waals surface area contributed by atoms with E-state index in [-0.39, 0.29) is 18.4 Å². The quantitative estimate of drug-likeness (QED) is 0.529. The van der Waals surface area contributed by atoms with Gasteiger partial charge in [0.2, 0.25) is 5.79 Å². The number of hydrogen-bond acceptors (Lipinski definition) is 5. The first-order chi connectivity index (χ1) is 12.6. The van der Waals surface area contributed by atoms with Gasteiger partial charge in [-0.3, -0.25) is 0 Å². The molecule has 0 amide bonds. The maximum atomic E-state index is 14.3. The number of fused-ring (bicyclic) bond motifs is 2. The Hall–Kier alpha value is -0.670. The second-order valence-electron chi connectivity index (χ2n) is 8.58. The van der Waals surface area contributed by atoms with Gasteiger partial charge in [-0.2, -0.15) is 13.2 Å². The highest BCUT2D eigenvalue weighted by Crippen LogP contribution is 2.64. The van der Waals surface area contributed by atoms with Crippen molar-refractivity contribution in [3.8, 4) is 0 Å². The van der Waals surface area contributed by atoms with E-state index in [1.54, 1.807) is 6.92 Å². The van der Waals surface area contributed by atoms with E-state index in [2.05, 4.69) is 13.5 Å². The summed E-state index contributed by atoms with van der Waals surface area (Å²) in [5, 5.41) is 0. The van der Waals surface area contributed by atoms with Crippen LogP contribution in [0.3, 0.4) is 0 Å². The Kier molecular flexibility index (Phi) is 4.48. The van der Waals surface area contributed by atoms with Gasteiger partial charge in [0.25, 0.3) is 5.79 Å². The molecule has 2 bridgehead atoms. The predicted octanol–water partition coefficient (Wildman–Crippen LogP) is 4.33. The van der Waals surface area contributed by atoms with Crippen molar-refractivity contribution in [3.63, 3.8) is 0 Å². The SMILES string of the molecule is C=CCO[C@@]1(C(F)(F)F)O[C@@H]2O[C@]3(C)CC[C@H]4[C@H](C)CCC([C@H]1C)[C@@]24OO3. The number of rotatable bonds is 3. The van der Waals surface area contributed by atoms with Gasteiger partial charge in [-0.05, 0) is 38.0 Å². The minimum Gasteiger partial charge on any atom is -0.338 e. The lowest BCUT2D eigenvalue weighted by Gasteiger charge is -2.62. The summed E-state index contributed by atoms with van der Waals surface area (Å²) in [5.74, 6) is -5.08. The zero-order valence-corrected chi connectivity index (χ0v) is 15.9. The van der Waals surface area contributed by atoms with E-state index in [1.165, 1.54) is 13.0 Å². The van der Waals surface area contributed by atoms with E-state index in [4.69, 9.17) is 24.0 Å². The van der Waals surface area contributed by atoms with Crippen molar-refractivity contribution in [2.75, 3.05) is 6.61 Å². The van der Waals surface area contributed by atoms with Gasteiger partial charge in [-0.15, -0.1) is 6.58 Å². The summed E-state index contributed by atoms with van der Waals surface area (Å²) in [6, 6.07) is 0. The van der Waals surface area contributed by atoms with Gasteiger partial charge in [0, 0.05) is 18.3 Å². The van der Waals surface area contributed by atoms with Crippen molar-refractivity contribution in [1.82, 2.24) is 0 Å². The Labute approximate surface area is 157 Å². The minimum atomic E-state index is -4.73. The lowest BCUT2D eigenvalue weighted by atomic mass is 9.57. The van der Waals surface area contributed by atoms with Crippen molar-refractivity contribution >= 4 is 0 Å². The summed E-state index contributed by atoms with van der Waals surface area (Å²) in [7, 11) is 0. The second kappa shape index (κ2) is 6.16. The Morgan fingerprint density at radius 2 is 1.85 bits per heavy atom. The summed E-state index contributed by atoms with van der Waals surface area (Å²) >= 11 is 0. The van der Waals surface area contributed by atoms with Crippen LogP contribution in [-0.2, 0) is 24.0 Å². The molecule has 4 heterocycles. The van der Waals surface area contributed by atoms with E-state index in [1.807, 2.05) is 0 Å². The number of hydrogen-bond donors (Lipinski definition) is 0. The van der Waals surface area contributed by atoms with E-state index in [0.29, 0.717) is 12.8 Å². The third kappa shape index (κ3) is 2.56. The van der Waals surface area contributed by atoms with Crippen LogP contribution in [0.4, 0.5) is 13.2 Å². The fraction of sp³-hybridized carbons (Fsp3) is 0.895. The topological polar surface area (TPSA) is 46.2 Å². The molecular weight excluding hydrogens is 365 g/mol. The van der Waals surface area contributed by atoms with Crippen LogP contribution < -0.4 is 0 Å². The van der Waals surface area contributed by atoms with Crippen molar-refractivity contribution in [3.05, 3.63) is 12.7 Å². The maximum Gasteiger partial charge on any atom is 0.443 e. The van der Waals surface area contributed by atoms with Crippen molar-refractivity contribution < 1.29 is 37.2 Å². The molecule has 1 spiro atoms. The molecule has 5 nitrogen and oxygen atoms in total. The van der Waals surface area contributed by atoms with Crippen molar-refractivity contribution in [2.24, 2.45) is 23.7 Å². The molecule has 8 atom stereocenters. The molecule has 1 aliphatic carbocycles. The predicted molar refractivity (Wildman–Crippen MR) is 88.0 cm³/mol. The van der Waals surface area contributed by atoms with Gasteiger partial charge in [-0.1, -0.05) is 19.9 Å². The summed E-state index contributed by atoms with van der Waals surface area (Å²) in [4.78, 5) is 11.5. The first kappa shape index (κ1) is 19.6. The highest BCUT2D eigenvalue weighted by atomic mass is 19.4. The van der Waals surface area contributed by atoms with Gasteiger partial charge in [0.05, 0.1) is 6.61 Å². The molecule has 5 fully saturated rings. The molecule has 0 aromatic heterocycles. The highest BCUT2D eigenvalue weighted by molar-refractivity contribution is 5.12. The molecule has 5 rings (SSSR count). The number of halogens is 3. The monoisotopic (exact) mass is 392 g/mol.